The molecule has 0 radical (unpaired) electrons. The van der Waals surface area contributed by atoms with E-state index in [0.717, 1.165) is 48.9 Å². The molecule has 0 aromatic heterocycles. The van der Waals surface area contributed by atoms with Gasteiger partial charge < -0.3 is 9.47 Å². The first-order chi connectivity index (χ1) is 15.7. The Morgan fingerprint density at radius 2 is 1.66 bits per heavy atom. The van der Waals surface area contributed by atoms with Crippen LogP contribution >= 0.6 is 11.6 Å². The normalized spacial score (nSPS) is 14.6. The van der Waals surface area contributed by atoms with E-state index >= 15 is 0 Å². The molecule has 1 aliphatic rings. The number of piperazine rings is 1. The third kappa shape index (κ3) is 6.02. The van der Waals surface area contributed by atoms with Crippen molar-refractivity contribution in [3.8, 4) is 11.5 Å². The van der Waals surface area contributed by atoms with Gasteiger partial charge in [0.1, 0.15) is 6.61 Å². The average Bonchev–Trinajstić information content (AvgIpc) is 2.84. The smallest absolute Gasteiger partial charge is 0.162 e. The van der Waals surface area contributed by atoms with Crippen LogP contribution in [0.2, 0.25) is 5.02 Å². The zero-order chi connectivity index (χ0) is 22.2. The molecule has 0 unspecified atom stereocenters. The van der Waals surface area contributed by atoms with Gasteiger partial charge in [0.2, 0.25) is 0 Å². The average molecular weight is 450 g/mol. The van der Waals surface area contributed by atoms with Gasteiger partial charge in [0.25, 0.3) is 0 Å². The molecule has 6 heteroatoms. The molecule has 0 spiro atoms. The minimum absolute atomic E-state index is 0.491. The molecule has 166 valence electrons. The summed E-state index contributed by atoms with van der Waals surface area (Å²) in [5.74, 6) is 1.43. The Bertz CT molecular complexity index is 1030. The van der Waals surface area contributed by atoms with Crippen molar-refractivity contribution >= 4 is 17.8 Å². The predicted molar refractivity (Wildman–Crippen MR) is 130 cm³/mol. The molecule has 0 saturated carbocycles. The second-order valence-corrected chi connectivity index (χ2v) is 8.16. The van der Waals surface area contributed by atoms with E-state index in [1.807, 2.05) is 72.9 Å². The van der Waals surface area contributed by atoms with E-state index < -0.39 is 0 Å². The van der Waals surface area contributed by atoms with Crippen LogP contribution in [-0.2, 0) is 13.2 Å². The van der Waals surface area contributed by atoms with Gasteiger partial charge in [-0.15, -0.1) is 0 Å². The van der Waals surface area contributed by atoms with E-state index in [2.05, 4.69) is 21.1 Å². The number of hydrogen-bond acceptors (Lipinski definition) is 5. The van der Waals surface area contributed by atoms with E-state index in [9.17, 15) is 0 Å². The molecule has 3 aromatic rings. The maximum atomic E-state index is 6.30. The summed E-state index contributed by atoms with van der Waals surface area (Å²) in [6.07, 6.45) is 1.89. The zero-order valence-corrected chi connectivity index (χ0v) is 19.0. The molecule has 0 bridgehead atoms. The van der Waals surface area contributed by atoms with Crippen LogP contribution in [-0.4, -0.2) is 49.4 Å². The van der Waals surface area contributed by atoms with Crippen molar-refractivity contribution < 1.29 is 9.47 Å². The minimum atomic E-state index is 0.491. The first-order valence-corrected chi connectivity index (χ1v) is 11.2. The fraction of sp³-hybridized carbons (Fsp3) is 0.269. The molecule has 1 aliphatic heterocycles. The number of hydrazone groups is 1. The standard InChI is InChI=1S/C26H28ClN3O2/c1-31-25-12-11-22(17-26(25)32-20-21-7-3-2-4-8-21)18-28-30-15-13-29(14-16-30)19-23-9-5-6-10-24(23)27/h2-12,17-18H,13-16,19-20H2,1H3. The third-order valence-corrected chi connectivity index (χ3v) is 5.86. The zero-order valence-electron chi connectivity index (χ0n) is 18.3. The molecular formula is C26H28ClN3O2. The number of hydrogen-bond donors (Lipinski definition) is 0. The summed E-state index contributed by atoms with van der Waals surface area (Å²) < 4.78 is 11.5. The van der Waals surface area contributed by atoms with Crippen LogP contribution in [0.15, 0.2) is 77.9 Å². The molecule has 32 heavy (non-hydrogen) atoms. The Balaban J connectivity index is 1.32. The summed E-state index contributed by atoms with van der Waals surface area (Å²) in [6.45, 7) is 5.04. The number of rotatable bonds is 8. The molecule has 4 rings (SSSR count). The highest BCUT2D eigenvalue weighted by Crippen LogP contribution is 2.28. The molecule has 0 aliphatic carbocycles. The van der Waals surface area contributed by atoms with Crippen LogP contribution in [0.3, 0.4) is 0 Å². The largest absolute Gasteiger partial charge is 0.493 e. The number of nitrogens with zero attached hydrogens (tertiary/aromatic N) is 3. The second kappa shape index (κ2) is 11.0. The third-order valence-electron chi connectivity index (χ3n) is 5.50. The summed E-state index contributed by atoms with van der Waals surface area (Å²) in [6, 6.07) is 24.0. The summed E-state index contributed by atoms with van der Waals surface area (Å²) in [5.41, 5.74) is 3.27. The molecule has 5 nitrogen and oxygen atoms in total. The lowest BCUT2D eigenvalue weighted by Crippen LogP contribution is -2.43. The molecule has 0 N–H and O–H groups in total. The van der Waals surface area contributed by atoms with E-state index in [-0.39, 0.29) is 0 Å². The predicted octanol–water partition coefficient (Wildman–Crippen LogP) is 5.08. The fourth-order valence-corrected chi connectivity index (χ4v) is 3.84. The van der Waals surface area contributed by atoms with Gasteiger partial charge in [0, 0.05) is 37.7 Å². The van der Waals surface area contributed by atoms with Crippen molar-refractivity contribution in [2.75, 3.05) is 33.3 Å². The second-order valence-electron chi connectivity index (χ2n) is 7.75. The monoisotopic (exact) mass is 449 g/mol. The van der Waals surface area contributed by atoms with Gasteiger partial charge in [-0.3, -0.25) is 9.91 Å². The Morgan fingerprint density at radius 3 is 2.41 bits per heavy atom. The van der Waals surface area contributed by atoms with Gasteiger partial charge >= 0.3 is 0 Å². The summed E-state index contributed by atoms with van der Waals surface area (Å²) >= 11 is 6.30. The molecule has 1 fully saturated rings. The fourth-order valence-electron chi connectivity index (χ4n) is 3.65. The quantitative estimate of drug-likeness (QED) is 0.449. The van der Waals surface area contributed by atoms with Crippen LogP contribution < -0.4 is 9.47 Å². The molecule has 1 saturated heterocycles. The minimum Gasteiger partial charge on any atom is -0.493 e. The molecule has 1 heterocycles. The van der Waals surface area contributed by atoms with Gasteiger partial charge in [-0.05, 0) is 41.0 Å². The lowest BCUT2D eigenvalue weighted by Gasteiger charge is -2.33. The topological polar surface area (TPSA) is 37.3 Å². The molecule has 3 aromatic carbocycles. The van der Waals surface area contributed by atoms with Gasteiger partial charge in [-0.2, -0.15) is 5.10 Å². The number of benzene rings is 3. The summed E-state index contributed by atoms with van der Waals surface area (Å²) in [7, 11) is 1.65. The maximum Gasteiger partial charge on any atom is 0.162 e. The van der Waals surface area contributed by atoms with Crippen molar-refractivity contribution in [3.63, 3.8) is 0 Å². The van der Waals surface area contributed by atoms with E-state index in [1.54, 1.807) is 7.11 Å². The van der Waals surface area contributed by atoms with Crippen molar-refractivity contribution in [2.24, 2.45) is 5.10 Å². The van der Waals surface area contributed by atoms with Crippen molar-refractivity contribution in [1.29, 1.82) is 0 Å². The van der Waals surface area contributed by atoms with E-state index in [1.165, 1.54) is 5.56 Å². The Labute approximate surface area is 194 Å². The highest BCUT2D eigenvalue weighted by molar-refractivity contribution is 6.31. The summed E-state index contributed by atoms with van der Waals surface area (Å²) in [4.78, 5) is 2.41. The SMILES string of the molecule is COc1ccc(C=NN2CCN(Cc3ccccc3Cl)CC2)cc1OCc1ccccc1. The molecular weight excluding hydrogens is 422 g/mol. The Kier molecular flexibility index (Phi) is 7.64. The molecule has 0 atom stereocenters. The Hall–Kier alpha value is -3.02. The number of halogens is 1. The van der Waals surface area contributed by atoms with Gasteiger partial charge in [-0.25, -0.2) is 0 Å². The van der Waals surface area contributed by atoms with Crippen molar-refractivity contribution in [1.82, 2.24) is 9.91 Å². The number of methoxy groups -OCH3 is 1. The highest BCUT2D eigenvalue weighted by Gasteiger charge is 2.16. The van der Waals surface area contributed by atoms with Gasteiger partial charge in [-0.1, -0.05) is 60.1 Å². The van der Waals surface area contributed by atoms with E-state index in [0.29, 0.717) is 18.1 Å². The van der Waals surface area contributed by atoms with Gasteiger partial charge in [0.05, 0.1) is 13.3 Å². The molecule has 0 amide bonds. The van der Waals surface area contributed by atoms with Crippen LogP contribution in [0.1, 0.15) is 16.7 Å². The van der Waals surface area contributed by atoms with Crippen LogP contribution in [0, 0.1) is 0 Å². The first kappa shape index (κ1) is 22.2. The lowest BCUT2D eigenvalue weighted by molar-refractivity contribution is 0.131. The van der Waals surface area contributed by atoms with E-state index in [4.69, 9.17) is 21.1 Å². The first-order valence-electron chi connectivity index (χ1n) is 10.8. The van der Waals surface area contributed by atoms with Crippen LogP contribution in [0.25, 0.3) is 0 Å². The van der Waals surface area contributed by atoms with Crippen molar-refractivity contribution in [2.45, 2.75) is 13.2 Å². The van der Waals surface area contributed by atoms with Crippen LogP contribution in [0.4, 0.5) is 0 Å². The van der Waals surface area contributed by atoms with Crippen LogP contribution in [0.5, 0.6) is 11.5 Å². The maximum absolute atomic E-state index is 6.30. The number of ether oxygens (including phenoxy) is 2. The lowest BCUT2D eigenvalue weighted by atomic mass is 10.2. The Morgan fingerprint density at radius 1 is 0.906 bits per heavy atom. The summed E-state index contributed by atoms with van der Waals surface area (Å²) in [5, 5.41) is 7.63. The van der Waals surface area contributed by atoms with Crippen molar-refractivity contribution in [3.05, 3.63) is 94.5 Å². The highest BCUT2D eigenvalue weighted by atomic mass is 35.5. The van der Waals surface area contributed by atoms with Gasteiger partial charge in [0.15, 0.2) is 11.5 Å².